The van der Waals surface area contributed by atoms with E-state index in [0.717, 1.165) is 12.1 Å². The van der Waals surface area contributed by atoms with Crippen molar-refractivity contribution in [1.82, 2.24) is 0 Å². The van der Waals surface area contributed by atoms with Gasteiger partial charge in [-0.05, 0) is 11.6 Å². The highest BCUT2D eigenvalue weighted by Crippen LogP contribution is 2.51. The van der Waals surface area contributed by atoms with Crippen molar-refractivity contribution < 1.29 is 32.2 Å². The zero-order valence-electron chi connectivity index (χ0n) is 14.9. The number of hydrogen-bond acceptors (Lipinski definition) is 4. The monoisotopic (exact) mass is 381 g/mol. The average Bonchev–Trinajstić information content (AvgIpc) is 2.64. The van der Waals surface area contributed by atoms with E-state index >= 15 is 0 Å². The number of nitrogens with one attached hydrogen (secondary N) is 1. The van der Waals surface area contributed by atoms with Crippen LogP contribution in [0.15, 0.2) is 30.3 Å². The van der Waals surface area contributed by atoms with Crippen molar-refractivity contribution in [2.24, 2.45) is 0 Å². The van der Waals surface area contributed by atoms with Crippen LogP contribution in [0.5, 0.6) is 17.2 Å². The molecule has 0 saturated carbocycles. The lowest BCUT2D eigenvalue weighted by Gasteiger charge is -2.29. The van der Waals surface area contributed by atoms with Crippen LogP contribution in [0.4, 0.5) is 18.9 Å². The van der Waals surface area contributed by atoms with Crippen LogP contribution < -0.4 is 19.5 Å². The fourth-order valence-electron chi connectivity index (χ4n) is 3.33. The average molecular weight is 381 g/mol. The van der Waals surface area contributed by atoms with E-state index in [2.05, 4.69) is 5.32 Å². The Hall–Kier alpha value is -2.90. The molecule has 1 aliphatic rings. The van der Waals surface area contributed by atoms with E-state index in [1.165, 1.54) is 27.4 Å². The number of rotatable bonds is 4. The van der Waals surface area contributed by atoms with E-state index < -0.39 is 17.7 Å². The molecule has 144 valence electrons. The van der Waals surface area contributed by atoms with E-state index in [9.17, 15) is 18.0 Å². The predicted molar refractivity (Wildman–Crippen MR) is 92.6 cm³/mol. The van der Waals surface area contributed by atoms with Gasteiger partial charge in [0.25, 0.3) is 0 Å². The Morgan fingerprint density at radius 3 is 2.33 bits per heavy atom. The first kappa shape index (κ1) is 18.9. The van der Waals surface area contributed by atoms with E-state index in [-0.39, 0.29) is 12.3 Å². The first-order valence-corrected chi connectivity index (χ1v) is 8.10. The first-order chi connectivity index (χ1) is 12.8. The molecule has 8 heteroatoms. The van der Waals surface area contributed by atoms with E-state index in [4.69, 9.17) is 14.2 Å². The van der Waals surface area contributed by atoms with Crippen molar-refractivity contribution in [3.63, 3.8) is 0 Å². The van der Waals surface area contributed by atoms with Crippen LogP contribution >= 0.6 is 0 Å². The number of carbonyl (C=O) groups is 1. The lowest BCUT2D eigenvalue weighted by molar-refractivity contribution is -0.137. The highest BCUT2D eigenvalue weighted by Gasteiger charge is 2.35. The van der Waals surface area contributed by atoms with Crippen molar-refractivity contribution in [3.8, 4) is 17.2 Å². The highest BCUT2D eigenvalue weighted by molar-refractivity contribution is 5.97. The summed E-state index contributed by atoms with van der Waals surface area (Å²) in [6.45, 7) is 0. The van der Waals surface area contributed by atoms with Crippen molar-refractivity contribution in [2.45, 2.75) is 18.5 Å². The summed E-state index contributed by atoms with van der Waals surface area (Å²) in [5.74, 6) is 0.0456. The minimum Gasteiger partial charge on any atom is -0.493 e. The molecular weight excluding hydrogens is 363 g/mol. The van der Waals surface area contributed by atoms with Gasteiger partial charge in [0.1, 0.15) is 0 Å². The van der Waals surface area contributed by atoms with E-state index in [1.807, 2.05) is 0 Å². The summed E-state index contributed by atoms with van der Waals surface area (Å²) in [5, 5.41) is 2.73. The van der Waals surface area contributed by atoms with Gasteiger partial charge in [-0.1, -0.05) is 18.2 Å². The SMILES string of the molecule is COc1cc2c(c(OC)c1OC)C(c1cccc(C(F)(F)F)c1)CC(=O)N2. The molecule has 0 radical (unpaired) electrons. The maximum absolute atomic E-state index is 13.1. The van der Waals surface area contributed by atoms with Crippen LogP contribution in [0.25, 0.3) is 0 Å². The number of hydrogen-bond donors (Lipinski definition) is 1. The van der Waals surface area contributed by atoms with Gasteiger partial charge in [0.2, 0.25) is 11.7 Å². The second-order valence-electron chi connectivity index (χ2n) is 6.03. The molecule has 1 N–H and O–H groups in total. The second-order valence-corrected chi connectivity index (χ2v) is 6.03. The van der Waals surface area contributed by atoms with Crippen LogP contribution in [0, 0.1) is 0 Å². The third-order valence-electron chi connectivity index (χ3n) is 4.50. The third-order valence-corrected chi connectivity index (χ3v) is 4.50. The molecule has 0 aromatic heterocycles. The van der Waals surface area contributed by atoms with E-state index in [1.54, 1.807) is 12.1 Å². The summed E-state index contributed by atoms with van der Waals surface area (Å²) < 4.78 is 55.5. The van der Waals surface area contributed by atoms with Crippen LogP contribution in [0.3, 0.4) is 0 Å². The molecule has 0 saturated heterocycles. The molecule has 1 aliphatic heterocycles. The molecule has 27 heavy (non-hydrogen) atoms. The van der Waals surface area contributed by atoms with Gasteiger partial charge in [-0.3, -0.25) is 4.79 Å². The zero-order valence-corrected chi connectivity index (χ0v) is 14.9. The molecule has 3 rings (SSSR count). The molecule has 0 spiro atoms. The smallest absolute Gasteiger partial charge is 0.416 e. The van der Waals surface area contributed by atoms with Gasteiger partial charge in [-0.2, -0.15) is 13.2 Å². The number of halogens is 3. The number of methoxy groups -OCH3 is 3. The molecule has 1 unspecified atom stereocenters. The molecule has 1 heterocycles. The van der Waals surface area contributed by atoms with Crippen molar-refractivity contribution >= 4 is 11.6 Å². The lowest BCUT2D eigenvalue weighted by atomic mass is 9.83. The Labute approximate surface area is 154 Å². The molecule has 1 atom stereocenters. The summed E-state index contributed by atoms with van der Waals surface area (Å²) in [4.78, 5) is 12.2. The molecule has 2 aromatic rings. The van der Waals surface area contributed by atoms with E-state index in [0.29, 0.717) is 34.1 Å². The van der Waals surface area contributed by atoms with Crippen molar-refractivity contribution in [1.29, 1.82) is 0 Å². The van der Waals surface area contributed by atoms with Crippen LogP contribution in [0.1, 0.15) is 29.0 Å². The molecule has 0 aliphatic carbocycles. The Morgan fingerprint density at radius 2 is 1.74 bits per heavy atom. The van der Waals surface area contributed by atoms with Gasteiger partial charge in [0, 0.05) is 24.0 Å². The lowest BCUT2D eigenvalue weighted by Crippen LogP contribution is -2.24. The van der Waals surface area contributed by atoms with Crippen LogP contribution in [-0.2, 0) is 11.0 Å². The fraction of sp³-hybridized carbons (Fsp3) is 0.316. The van der Waals surface area contributed by atoms with Crippen LogP contribution in [-0.4, -0.2) is 27.2 Å². The minimum absolute atomic E-state index is 0.0137. The second kappa shape index (κ2) is 7.02. The Bertz CT molecular complexity index is 880. The zero-order chi connectivity index (χ0) is 19.8. The highest BCUT2D eigenvalue weighted by atomic mass is 19.4. The molecular formula is C19H18F3NO4. The number of fused-ring (bicyclic) bond motifs is 1. The molecule has 1 amide bonds. The quantitative estimate of drug-likeness (QED) is 0.862. The topological polar surface area (TPSA) is 56.8 Å². The number of benzene rings is 2. The van der Waals surface area contributed by atoms with Gasteiger partial charge in [0.15, 0.2) is 11.5 Å². The normalized spacial score (nSPS) is 16.4. The Kier molecular flexibility index (Phi) is 4.91. The maximum Gasteiger partial charge on any atom is 0.416 e. The third kappa shape index (κ3) is 3.39. The Morgan fingerprint density at radius 1 is 1.04 bits per heavy atom. The standard InChI is InChI=1S/C19H18F3NO4/c1-25-14-9-13-16(18(27-3)17(14)26-2)12(8-15(24)23-13)10-5-4-6-11(7-10)19(20,21)22/h4-7,9,12H,8H2,1-3H3,(H,23,24). The number of carbonyl (C=O) groups excluding carboxylic acids is 1. The molecule has 0 bridgehead atoms. The van der Waals surface area contributed by atoms with Crippen LogP contribution in [0.2, 0.25) is 0 Å². The minimum atomic E-state index is -4.47. The number of amides is 1. The number of alkyl halides is 3. The van der Waals surface area contributed by atoms with Crippen molar-refractivity contribution in [2.75, 3.05) is 26.6 Å². The molecule has 2 aromatic carbocycles. The Balaban J connectivity index is 2.23. The number of ether oxygens (including phenoxy) is 3. The molecule has 5 nitrogen and oxygen atoms in total. The first-order valence-electron chi connectivity index (χ1n) is 8.10. The van der Waals surface area contributed by atoms with Gasteiger partial charge < -0.3 is 19.5 Å². The summed E-state index contributed by atoms with van der Waals surface area (Å²) in [7, 11) is 4.31. The predicted octanol–water partition coefficient (Wildman–Crippen LogP) is 4.21. The number of anilines is 1. The fourth-order valence-corrected chi connectivity index (χ4v) is 3.33. The summed E-state index contributed by atoms with van der Waals surface area (Å²) in [6, 6.07) is 6.53. The van der Waals surface area contributed by atoms with Gasteiger partial charge in [0.05, 0.1) is 32.6 Å². The maximum atomic E-state index is 13.1. The van der Waals surface area contributed by atoms with Gasteiger partial charge in [-0.25, -0.2) is 0 Å². The van der Waals surface area contributed by atoms with Crippen molar-refractivity contribution in [3.05, 3.63) is 47.0 Å². The largest absolute Gasteiger partial charge is 0.493 e. The summed E-state index contributed by atoms with van der Waals surface area (Å²) in [5.41, 5.74) is 0.565. The van der Waals surface area contributed by atoms with Gasteiger partial charge in [-0.15, -0.1) is 0 Å². The van der Waals surface area contributed by atoms with Gasteiger partial charge >= 0.3 is 6.18 Å². The summed E-state index contributed by atoms with van der Waals surface area (Å²) >= 11 is 0. The molecule has 0 fully saturated rings. The summed E-state index contributed by atoms with van der Waals surface area (Å²) in [6.07, 6.45) is -4.49.